The topological polar surface area (TPSA) is 46.5 Å². The molecule has 1 aliphatic rings. The normalized spacial score (nSPS) is 19.5. The number of carbonyl (C=O) groups excluding carboxylic acids is 1. The van der Waals surface area contributed by atoms with Gasteiger partial charge in [0.15, 0.2) is 11.8 Å². The zero-order chi connectivity index (χ0) is 10.1. The molecule has 3 nitrogen and oxygen atoms in total. The second-order valence-corrected chi connectivity index (χ2v) is 4.09. The van der Waals surface area contributed by atoms with Crippen LogP contribution in [0.15, 0.2) is 28.3 Å². The van der Waals surface area contributed by atoms with E-state index >= 15 is 0 Å². The van der Waals surface area contributed by atoms with Gasteiger partial charge >= 0.3 is 0 Å². The summed E-state index contributed by atoms with van der Waals surface area (Å²) in [7, 11) is 0. The molecule has 1 unspecified atom stereocenters. The van der Waals surface area contributed by atoms with Gasteiger partial charge in [-0.2, -0.15) is 4.91 Å². The summed E-state index contributed by atoms with van der Waals surface area (Å²) in [6.07, 6.45) is 2.44. The van der Waals surface area contributed by atoms with Gasteiger partial charge in [-0.15, -0.1) is 11.8 Å². The lowest BCUT2D eigenvalue weighted by Crippen LogP contribution is -2.11. The van der Waals surface area contributed by atoms with Gasteiger partial charge in [-0.3, -0.25) is 4.79 Å². The Morgan fingerprint density at radius 2 is 2.29 bits per heavy atom. The highest BCUT2D eigenvalue weighted by Gasteiger charge is 2.31. The third kappa shape index (κ3) is 1.35. The Morgan fingerprint density at radius 1 is 1.50 bits per heavy atom. The van der Waals surface area contributed by atoms with E-state index in [9.17, 15) is 9.70 Å². The second kappa shape index (κ2) is 3.53. The highest BCUT2D eigenvalue weighted by atomic mass is 32.2. The average Bonchev–Trinajstić information content (AvgIpc) is 2.55. The lowest BCUT2D eigenvalue weighted by atomic mass is 10.1. The molecule has 0 bridgehead atoms. The van der Waals surface area contributed by atoms with Gasteiger partial charge in [0.1, 0.15) is 0 Å². The number of hydrogen-bond donors (Lipinski definition) is 0. The summed E-state index contributed by atoms with van der Waals surface area (Å²) in [6, 6.07) is 4.95. The number of nitrogens with zero attached hydrogens (tertiary/aromatic N) is 1. The summed E-state index contributed by atoms with van der Waals surface area (Å²) >= 11 is 1.62. The van der Waals surface area contributed by atoms with E-state index in [1.165, 1.54) is 0 Å². The van der Waals surface area contributed by atoms with Crippen LogP contribution in [0.5, 0.6) is 0 Å². The molecule has 1 aromatic carbocycles. The van der Waals surface area contributed by atoms with Crippen LogP contribution >= 0.6 is 11.8 Å². The van der Waals surface area contributed by atoms with Crippen molar-refractivity contribution in [1.29, 1.82) is 0 Å². The Kier molecular flexibility index (Phi) is 2.37. The molecule has 0 fully saturated rings. The molecular formula is C10H9NO2S. The molecule has 72 valence electrons. The molecule has 1 aromatic rings. The van der Waals surface area contributed by atoms with Crippen LogP contribution in [-0.4, -0.2) is 18.1 Å². The molecule has 1 aliphatic carbocycles. The fourth-order valence-corrected chi connectivity index (χ4v) is 2.14. The molecular weight excluding hydrogens is 198 g/mol. The maximum atomic E-state index is 11.5. The van der Waals surface area contributed by atoms with E-state index in [1.54, 1.807) is 17.8 Å². The number of nitroso groups, excluding NO2 is 1. The largest absolute Gasteiger partial charge is 0.292 e. The highest BCUT2D eigenvalue weighted by molar-refractivity contribution is 7.98. The fourth-order valence-electron chi connectivity index (χ4n) is 1.67. The maximum absolute atomic E-state index is 11.5. The lowest BCUT2D eigenvalue weighted by Gasteiger charge is -1.99. The Labute approximate surface area is 85.9 Å². The molecule has 4 heteroatoms. The van der Waals surface area contributed by atoms with Crippen molar-refractivity contribution in [2.45, 2.75) is 17.4 Å². The van der Waals surface area contributed by atoms with Crippen LogP contribution in [0.1, 0.15) is 15.9 Å². The number of fused-ring (bicyclic) bond motifs is 1. The summed E-state index contributed by atoms with van der Waals surface area (Å²) < 4.78 is 0. The predicted octanol–water partition coefficient (Wildman–Crippen LogP) is 2.28. The number of Topliss-reactive ketones (excluding diaryl/α,β-unsaturated/α-hetero) is 1. The zero-order valence-electron chi connectivity index (χ0n) is 7.69. The van der Waals surface area contributed by atoms with Crippen LogP contribution in [0.2, 0.25) is 0 Å². The van der Waals surface area contributed by atoms with Crippen LogP contribution < -0.4 is 0 Å². The number of thioether (sulfide) groups is 1. The molecule has 14 heavy (non-hydrogen) atoms. The molecule has 0 aliphatic heterocycles. The van der Waals surface area contributed by atoms with E-state index in [2.05, 4.69) is 5.18 Å². The van der Waals surface area contributed by atoms with E-state index in [1.807, 2.05) is 18.4 Å². The van der Waals surface area contributed by atoms with E-state index in [-0.39, 0.29) is 5.78 Å². The molecule has 1 atom stereocenters. The van der Waals surface area contributed by atoms with Gasteiger partial charge in [-0.1, -0.05) is 5.18 Å². The summed E-state index contributed by atoms with van der Waals surface area (Å²) in [4.78, 5) is 23.0. The summed E-state index contributed by atoms with van der Waals surface area (Å²) in [5, 5.41) is 2.83. The molecule has 0 saturated carbocycles. The van der Waals surface area contributed by atoms with E-state index in [0.717, 1.165) is 10.5 Å². The van der Waals surface area contributed by atoms with Gasteiger partial charge in [-0.25, -0.2) is 0 Å². The number of rotatable bonds is 2. The van der Waals surface area contributed by atoms with Crippen molar-refractivity contribution >= 4 is 17.5 Å². The molecule has 0 amide bonds. The van der Waals surface area contributed by atoms with Crippen molar-refractivity contribution in [3.8, 4) is 0 Å². The summed E-state index contributed by atoms with van der Waals surface area (Å²) in [5.41, 5.74) is 1.61. The van der Waals surface area contributed by atoms with E-state index in [4.69, 9.17) is 0 Å². The van der Waals surface area contributed by atoms with Crippen molar-refractivity contribution in [3.63, 3.8) is 0 Å². The first-order valence-electron chi connectivity index (χ1n) is 4.30. The van der Waals surface area contributed by atoms with E-state index in [0.29, 0.717) is 12.0 Å². The Hall–Kier alpha value is -1.16. The van der Waals surface area contributed by atoms with Gasteiger partial charge < -0.3 is 0 Å². The van der Waals surface area contributed by atoms with Crippen molar-refractivity contribution in [2.75, 3.05) is 6.26 Å². The van der Waals surface area contributed by atoms with Crippen molar-refractivity contribution in [3.05, 3.63) is 34.2 Å². The quantitative estimate of drug-likeness (QED) is 0.552. The minimum absolute atomic E-state index is 0.136. The van der Waals surface area contributed by atoms with Crippen LogP contribution in [0, 0.1) is 4.91 Å². The number of hydrogen-bond acceptors (Lipinski definition) is 4. The van der Waals surface area contributed by atoms with Gasteiger partial charge in [0.05, 0.1) is 0 Å². The first-order valence-corrected chi connectivity index (χ1v) is 5.52. The Bertz CT molecular complexity index is 403. The molecule has 0 radical (unpaired) electrons. The van der Waals surface area contributed by atoms with E-state index < -0.39 is 6.04 Å². The predicted molar refractivity (Wildman–Crippen MR) is 55.8 cm³/mol. The molecule has 0 spiro atoms. The SMILES string of the molecule is CSc1ccc2c(c1)CC(N=O)C2=O. The van der Waals surface area contributed by atoms with Crippen molar-refractivity contribution in [2.24, 2.45) is 5.18 Å². The second-order valence-electron chi connectivity index (χ2n) is 3.21. The standard InChI is InChI=1S/C10H9NO2S/c1-14-7-2-3-8-6(4-7)5-9(11-13)10(8)12/h2-4,9H,5H2,1H3. The number of ketones is 1. The average molecular weight is 207 g/mol. The first kappa shape index (κ1) is 9.40. The minimum atomic E-state index is -0.692. The minimum Gasteiger partial charge on any atom is -0.292 e. The smallest absolute Gasteiger partial charge is 0.191 e. The number of benzene rings is 1. The van der Waals surface area contributed by atoms with Crippen LogP contribution in [0.3, 0.4) is 0 Å². The van der Waals surface area contributed by atoms with Gasteiger partial charge in [0.2, 0.25) is 0 Å². The first-order chi connectivity index (χ1) is 6.76. The van der Waals surface area contributed by atoms with Gasteiger partial charge in [0.25, 0.3) is 0 Å². The van der Waals surface area contributed by atoms with Crippen LogP contribution in [-0.2, 0) is 6.42 Å². The third-order valence-corrected chi connectivity index (χ3v) is 3.15. The van der Waals surface area contributed by atoms with Gasteiger partial charge in [0, 0.05) is 16.9 Å². The van der Waals surface area contributed by atoms with Crippen LogP contribution in [0.4, 0.5) is 0 Å². The van der Waals surface area contributed by atoms with Crippen LogP contribution in [0.25, 0.3) is 0 Å². The molecule has 0 heterocycles. The molecule has 0 aromatic heterocycles. The summed E-state index contributed by atoms with van der Waals surface area (Å²) in [6.45, 7) is 0. The summed E-state index contributed by atoms with van der Waals surface area (Å²) in [5.74, 6) is -0.136. The molecule has 0 N–H and O–H groups in total. The fraction of sp³-hybridized carbons (Fsp3) is 0.300. The monoisotopic (exact) mass is 207 g/mol. The number of carbonyl (C=O) groups is 1. The zero-order valence-corrected chi connectivity index (χ0v) is 8.50. The highest BCUT2D eigenvalue weighted by Crippen LogP contribution is 2.27. The molecule has 2 rings (SSSR count). The van der Waals surface area contributed by atoms with Crippen molar-refractivity contribution in [1.82, 2.24) is 0 Å². The third-order valence-electron chi connectivity index (χ3n) is 2.42. The Balaban J connectivity index is 2.43. The maximum Gasteiger partial charge on any atom is 0.191 e. The van der Waals surface area contributed by atoms with Crippen molar-refractivity contribution < 1.29 is 4.79 Å². The molecule has 0 saturated heterocycles. The lowest BCUT2D eigenvalue weighted by molar-refractivity contribution is 0.0975. The van der Waals surface area contributed by atoms with Gasteiger partial charge in [-0.05, 0) is 30.0 Å². The Morgan fingerprint density at radius 3 is 2.93 bits per heavy atom.